The Morgan fingerprint density at radius 1 is 1.29 bits per heavy atom. The van der Waals surface area contributed by atoms with Gasteiger partial charge in [-0.2, -0.15) is 0 Å². The molecule has 5 nitrogen and oxygen atoms in total. The fraction of sp³-hybridized carbons (Fsp3) is 0.562. The first kappa shape index (κ1) is 13.1. The number of fused-ring (bicyclic) bond motifs is 2. The summed E-state index contributed by atoms with van der Waals surface area (Å²) in [6.07, 6.45) is 7.35. The van der Waals surface area contributed by atoms with Gasteiger partial charge in [-0.25, -0.2) is 4.98 Å². The molecule has 2 aromatic rings. The lowest BCUT2D eigenvalue weighted by Crippen LogP contribution is -2.53. The molecule has 0 spiro atoms. The van der Waals surface area contributed by atoms with Crippen LogP contribution in [0.3, 0.4) is 0 Å². The first-order valence-electron chi connectivity index (χ1n) is 7.93. The average Bonchev–Trinajstić information content (AvgIpc) is 2.92. The lowest BCUT2D eigenvalue weighted by molar-refractivity contribution is -0.00901. The highest BCUT2D eigenvalue weighted by Gasteiger charge is 2.36. The van der Waals surface area contributed by atoms with E-state index in [1.165, 1.54) is 25.7 Å². The van der Waals surface area contributed by atoms with Gasteiger partial charge in [-0.1, -0.05) is 18.9 Å². The van der Waals surface area contributed by atoms with Crippen molar-refractivity contribution in [1.29, 1.82) is 0 Å². The summed E-state index contributed by atoms with van der Waals surface area (Å²) in [5.74, 6) is 1.06. The predicted molar refractivity (Wildman–Crippen MR) is 82.4 cm³/mol. The molecule has 2 aliphatic rings. The molecule has 1 saturated heterocycles. The van der Waals surface area contributed by atoms with Gasteiger partial charge in [0, 0.05) is 19.3 Å². The van der Waals surface area contributed by atoms with Crippen molar-refractivity contribution in [3.05, 3.63) is 30.1 Å². The number of ether oxygens (including phenoxy) is 1. The largest absolute Gasteiger partial charge is 0.374 e. The summed E-state index contributed by atoms with van der Waals surface area (Å²) >= 11 is 0. The fourth-order valence-corrected chi connectivity index (χ4v) is 3.81. The van der Waals surface area contributed by atoms with Crippen molar-refractivity contribution in [2.45, 2.75) is 44.4 Å². The molecule has 2 aromatic heterocycles. The maximum atomic E-state index is 6.02. The van der Waals surface area contributed by atoms with Gasteiger partial charge in [-0.3, -0.25) is 0 Å². The quantitative estimate of drug-likeness (QED) is 0.916. The van der Waals surface area contributed by atoms with Gasteiger partial charge in [0.05, 0.1) is 24.4 Å². The summed E-state index contributed by atoms with van der Waals surface area (Å²) in [6, 6.07) is 6.56. The minimum absolute atomic E-state index is 0.364. The molecule has 0 bridgehead atoms. The number of imidazole rings is 1. The zero-order chi connectivity index (χ0) is 14.2. The lowest BCUT2D eigenvalue weighted by Gasteiger charge is -2.44. The average molecular weight is 286 g/mol. The van der Waals surface area contributed by atoms with Crippen LogP contribution in [-0.4, -0.2) is 34.7 Å². The monoisotopic (exact) mass is 286 g/mol. The summed E-state index contributed by atoms with van der Waals surface area (Å²) < 4.78 is 8.09. The van der Waals surface area contributed by atoms with Gasteiger partial charge in [0.25, 0.3) is 0 Å². The van der Waals surface area contributed by atoms with Gasteiger partial charge in [0.15, 0.2) is 5.82 Å². The van der Waals surface area contributed by atoms with E-state index in [0.29, 0.717) is 18.7 Å². The summed E-state index contributed by atoms with van der Waals surface area (Å²) in [6.45, 7) is 2.21. The van der Waals surface area contributed by atoms with Crippen LogP contribution in [0, 0.1) is 0 Å². The number of aromatic nitrogens is 2. The molecule has 3 heterocycles. The van der Waals surface area contributed by atoms with Crippen molar-refractivity contribution in [1.82, 2.24) is 9.38 Å². The molecular weight excluding hydrogens is 264 g/mol. The topological polar surface area (TPSA) is 55.8 Å². The smallest absolute Gasteiger partial charge is 0.152 e. The van der Waals surface area contributed by atoms with Crippen molar-refractivity contribution in [2.24, 2.45) is 5.73 Å². The molecule has 4 rings (SSSR count). The molecule has 1 aliphatic heterocycles. The van der Waals surface area contributed by atoms with Crippen molar-refractivity contribution >= 4 is 11.5 Å². The molecule has 21 heavy (non-hydrogen) atoms. The zero-order valence-electron chi connectivity index (χ0n) is 12.2. The summed E-state index contributed by atoms with van der Waals surface area (Å²) in [5, 5.41) is 0. The Hall–Kier alpha value is -1.59. The van der Waals surface area contributed by atoms with Crippen LogP contribution in [-0.2, 0) is 11.3 Å². The predicted octanol–water partition coefficient (Wildman–Crippen LogP) is 1.94. The van der Waals surface area contributed by atoms with Crippen LogP contribution in [0.4, 0.5) is 5.82 Å². The van der Waals surface area contributed by atoms with Gasteiger partial charge >= 0.3 is 0 Å². The number of morpholine rings is 1. The second-order valence-corrected chi connectivity index (χ2v) is 5.97. The molecule has 0 amide bonds. The molecule has 2 N–H and O–H groups in total. The van der Waals surface area contributed by atoms with Gasteiger partial charge in [-0.15, -0.1) is 0 Å². The Balaban J connectivity index is 1.77. The van der Waals surface area contributed by atoms with Gasteiger partial charge in [0.2, 0.25) is 0 Å². The highest BCUT2D eigenvalue weighted by molar-refractivity contribution is 5.57. The number of rotatable bonds is 2. The lowest BCUT2D eigenvalue weighted by atomic mass is 9.90. The molecule has 2 fully saturated rings. The fourth-order valence-electron chi connectivity index (χ4n) is 3.81. The maximum absolute atomic E-state index is 6.02. The number of hydrogen-bond donors (Lipinski definition) is 1. The van der Waals surface area contributed by atoms with E-state index in [9.17, 15) is 0 Å². The standard InChI is InChI=1S/C16H22N4O/c17-11-13-16(18-15-7-3-4-8-19(13)15)20-9-10-21-14-6-2-1-5-12(14)20/h3-4,7-8,12,14H,1-2,5-6,9-11,17H2. The normalized spacial score (nSPS) is 26.0. The third kappa shape index (κ3) is 2.12. The maximum Gasteiger partial charge on any atom is 0.152 e. The highest BCUT2D eigenvalue weighted by Crippen LogP contribution is 2.33. The number of pyridine rings is 1. The van der Waals surface area contributed by atoms with E-state index >= 15 is 0 Å². The minimum Gasteiger partial charge on any atom is -0.374 e. The van der Waals surface area contributed by atoms with Crippen molar-refractivity contribution < 1.29 is 4.74 Å². The number of anilines is 1. The van der Waals surface area contributed by atoms with Crippen LogP contribution in [0.5, 0.6) is 0 Å². The van der Waals surface area contributed by atoms with E-state index < -0.39 is 0 Å². The third-order valence-electron chi connectivity index (χ3n) is 4.81. The van der Waals surface area contributed by atoms with Gasteiger partial charge in [0.1, 0.15) is 5.65 Å². The molecule has 0 radical (unpaired) electrons. The highest BCUT2D eigenvalue weighted by atomic mass is 16.5. The van der Waals surface area contributed by atoms with E-state index in [4.69, 9.17) is 15.5 Å². The Morgan fingerprint density at radius 3 is 3.10 bits per heavy atom. The Labute approximate surface area is 124 Å². The third-order valence-corrected chi connectivity index (χ3v) is 4.81. The van der Waals surface area contributed by atoms with Crippen LogP contribution >= 0.6 is 0 Å². The second kappa shape index (κ2) is 5.31. The van der Waals surface area contributed by atoms with Gasteiger partial charge < -0.3 is 19.8 Å². The van der Waals surface area contributed by atoms with Gasteiger partial charge in [-0.05, 0) is 25.0 Å². The van der Waals surface area contributed by atoms with E-state index in [-0.39, 0.29) is 0 Å². The van der Waals surface area contributed by atoms with Crippen LogP contribution in [0.15, 0.2) is 24.4 Å². The molecule has 1 aliphatic carbocycles. The van der Waals surface area contributed by atoms with Crippen molar-refractivity contribution in [3.63, 3.8) is 0 Å². The van der Waals surface area contributed by atoms with Crippen LogP contribution in [0.25, 0.3) is 5.65 Å². The first-order chi connectivity index (χ1) is 10.4. The molecule has 0 aromatic carbocycles. The molecular formula is C16H22N4O. The van der Waals surface area contributed by atoms with E-state index in [1.54, 1.807) is 0 Å². The number of nitrogens with zero attached hydrogens (tertiary/aromatic N) is 3. The second-order valence-electron chi connectivity index (χ2n) is 5.97. The summed E-state index contributed by atoms with van der Waals surface area (Å²) in [5.41, 5.74) is 8.10. The first-order valence-corrected chi connectivity index (χ1v) is 7.93. The molecule has 2 unspecified atom stereocenters. The zero-order valence-corrected chi connectivity index (χ0v) is 12.2. The van der Waals surface area contributed by atoms with Crippen molar-refractivity contribution in [3.8, 4) is 0 Å². The molecule has 112 valence electrons. The van der Waals surface area contributed by atoms with Crippen LogP contribution < -0.4 is 10.6 Å². The summed E-state index contributed by atoms with van der Waals surface area (Å²) in [7, 11) is 0. The minimum atomic E-state index is 0.364. The number of nitrogens with two attached hydrogens (primary N) is 1. The number of hydrogen-bond acceptors (Lipinski definition) is 4. The molecule has 2 atom stereocenters. The Bertz CT molecular complexity index is 636. The molecule has 5 heteroatoms. The van der Waals surface area contributed by atoms with E-state index in [2.05, 4.69) is 9.30 Å². The molecule has 1 saturated carbocycles. The SMILES string of the molecule is NCc1c(N2CCOC3CCCCC32)nc2ccccn12. The van der Waals surface area contributed by atoms with E-state index in [1.807, 2.05) is 24.4 Å². The van der Waals surface area contributed by atoms with E-state index in [0.717, 1.165) is 30.3 Å². The Morgan fingerprint density at radius 2 is 2.19 bits per heavy atom. The van der Waals surface area contributed by atoms with Crippen molar-refractivity contribution in [2.75, 3.05) is 18.1 Å². The van der Waals surface area contributed by atoms with Crippen LogP contribution in [0.1, 0.15) is 31.4 Å². The Kier molecular flexibility index (Phi) is 3.31. The van der Waals surface area contributed by atoms with Crippen LogP contribution in [0.2, 0.25) is 0 Å². The summed E-state index contributed by atoms with van der Waals surface area (Å²) in [4.78, 5) is 7.30.